The molecule has 0 aliphatic rings. The first-order valence-corrected chi connectivity index (χ1v) is 11.5. The van der Waals surface area contributed by atoms with Gasteiger partial charge in [0, 0.05) is 29.8 Å². The summed E-state index contributed by atoms with van der Waals surface area (Å²) >= 11 is 0. The van der Waals surface area contributed by atoms with Crippen LogP contribution in [0.3, 0.4) is 0 Å². The van der Waals surface area contributed by atoms with E-state index in [2.05, 4.69) is 20.0 Å². The maximum absolute atomic E-state index is 12.8. The summed E-state index contributed by atoms with van der Waals surface area (Å²) in [5.41, 5.74) is 2.41. The normalized spacial score (nSPS) is 11.3. The van der Waals surface area contributed by atoms with E-state index in [4.69, 9.17) is 4.74 Å². The molecule has 2 aromatic heterocycles. The summed E-state index contributed by atoms with van der Waals surface area (Å²) in [4.78, 5) is 19.6. The van der Waals surface area contributed by atoms with Gasteiger partial charge in [-0.1, -0.05) is 24.3 Å². The maximum Gasteiger partial charge on any atom is 0.267 e. The Morgan fingerprint density at radius 1 is 1.09 bits per heavy atom. The van der Waals surface area contributed by atoms with Gasteiger partial charge in [-0.3, -0.25) is 14.5 Å². The molecule has 8 nitrogen and oxygen atoms in total. The Kier molecular flexibility index (Phi) is 6.09. The van der Waals surface area contributed by atoms with Crippen molar-refractivity contribution in [3.63, 3.8) is 0 Å². The molecule has 2 heterocycles. The van der Waals surface area contributed by atoms with Gasteiger partial charge in [0.25, 0.3) is 15.9 Å². The molecule has 0 fully saturated rings. The predicted octanol–water partition coefficient (Wildman–Crippen LogP) is 3.69. The highest BCUT2D eigenvalue weighted by Crippen LogP contribution is 2.26. The van der Waals surface area contributed by atoms with Crippen molar-refractivity contribution in [1.82, 2.24) is 15.3 Å². The van der Waals surface area contributed by atoms with E-state index in [1.165, 1.54) is 12.1 Å². The van der Waals surface area contributed by atoms with Crippen LogP contribution >= 0.6 is 0 Å². The lowest BCUT2D eigenvalue weighted by Crippen LogP contribution is -2.23. The van der Waals surface area contributed by atoms with Crippen LogP contribution in [0.25, 0.3) is 10.9 Å². The van der Waals surface area contributed by atoms with E-state index in [1.54, 1.807) is 60.9 Å². The molecular weight excluding hydrogens is 428 g/mol. The number of nitrogens with one attached hydrogen (secondary N) is 3. The lowest BCUT2D eigenvalue weighted by molar-refractivity contribution is 0.0946. The van der Waals surface area contributed by atoms with E-state index in [1.807, 2.05) is 6.92 Å². The number of fused-ring (bicyclic) bond motifs is 1. The van der Waals surface area contributed by atoms with Crippen LogP contribution in [0.4, 0.5) is 5.69 Å². The topological polar surface area (TPSA) is 113 Å². The van der Waals surface area contributed by atoms with Gasteiger partial charge < -0.3 is 15.0 Å². The molecule has 4 rings (SSSR count). The molecule has 0 atom stereocenters. The molecule has 0 unspecified atom stereocenters. The smallest absolute Gasteiger partial charge is 0.267 e. The number of ether oxygens (including phenoxy) is 1. The summed E-state index contributed by atoms with van der Waals surface area (Å²) in [5.74, 6) is 0.206. The Morgan fingerprint density at radius 3 is 2.62 bits per heavy atom. The molecule has 4 aromatic rings. The van der Waals surface area contributed by atoms with Gasteiger partial charge in [0.05, 0.1) is 17.2 Å². The number of rotatable bonds is 8. The molecule has 3 N–H and O–H groups in total. The Morgan fingerprint density at radius 2 is 1.88 bits per heavy atom. The van der Waals surface area contributed by atoms with Crippen molar-refractivity contribution in [1.29, 1.82) is 0 Å². The molecule has 0 aliphatic heterocycles. The van der Waals surface area contributed by atoms with Crippen LogP contribution in [0.15, 0.2) is 78.0 Å². The van der Waals surface area contributed by atoms with Crippen LogP contribution in [0.5, 0.6) is 5.75 Å². The van der Waals surface area contributed by atoms with Gasteiger partial charge in [-0.15, -0.1) is 0 Å². The maximum atomic E-state index is 12.8. The molecule has 1 amide bonds. The van der Waals surface area contributed by atoms with E-state index in [0.717, 1.165) is 16.5 Å². The number of aromatic nitrogens is 2. The van der Waals surface area contributed by atoms with Gasteiger partial charge in [-0.2, -0.15) is 0 Å². The minimum atomic E-state index is -3.79. The van der Waals surface area contributed by atoms with E-state index in [9.17, 15) is 13.2 Å². The fraction of sp³-hybridized carbons (Fsp3) is 0.130. The first kappa shape index (κ1) is 21.4. The van der Waals surface area contributed by atoms with Gasteiger partial charge in [0.1, 0.15) is 11.4 Å². The number of hydrogen-bond acceptors (Lipinski definition) is 5. The first-order chi connectivity index (χ1) is 15.5. The minimum absolute atomic E-state index is 0.113. The van der Waals surface area contributed by atoms with Crippen molar-refractivity contribution in [3.05, 3.63) is 84.3 Å². The number of pyridine rings is 1. The zero-order valence-corrected chi connectivity index (χ0v) is 18.1. The molecule has 0 aliphatic carbocycles. The van der Waals surface area contributed by atoms with Crippen LogP contribution in [-0.4, -0.2) is 30.9 Å². The van der Waals surface area contributed by atoms with Gasteiger partial charge >= 0.3 is 0 Å². The number of H-pyrrole nitrogens is 1. The zero-order valence-electron chi connectivity index (χ0n) is 17.3. The Balaban J connectivity index is 1.41. The number of nitrogens with zero attached hydrogens (tertiary/aromatic N) is 1. The summed E-state index contributed by atoms with van der Waals surface area (Å²) in [6, 6.07) is 16.7. The summed E-state index contributed by atoms with van der Waals surface area (Å²) in [7, 11) is -3.79. The van der Waals surface area contributed by atoms with Crippen molar-refractivity contribution in [3.8, 4) is 5.75 Å². The average molecular weight is 451 g/mol. The fourth-order valence-electron chi connectivity index (χ4n) is 3.19. The highest BCUT2D eigenvalue weighted by Gasteiger charge is 2.16. The highest BCUT2D eigenvalue weighted by molar-refractivity contribution is 7.92. The number of para-hydroxylation sites is 2. The van der Waals surface area contributed by atoms with Crippen LogP contribution < -0.4 is 14.8 Å². The molecule has 2 aromatic carbocycles. The molecule has 0 saturated heterocycles. The third-order valence-electron chi connectivity index (χ3n) is 4.78. The lowest BCUT2D eigenvalue weighted by atomic mass is 10.2. The fourth-order valence-corrected chi connectivity index (χ4v) is 4.26. The second kappa shape index (κ2) is 9.11. The largest absolute Gasteiger partial charge is 0.492 e. The third-order valence-corrected chi connectivity index (χ3v) is 6.17. The summed E-state index contributed by atoms with van der Waals surface area (Å²) in [6.07, 6.45) is 3.34. The lowest BCUT2D eigenvalue weighted by Gasteiger charge is -2.13. The molecule has 32 heavy (non-hydrogen) atoms. The van der Waals surface area contributed by atoms with Gasteiger partial charge in [0.15, 0.2) is 0 Å². The van der Waals surface area contributed by atoms with E-state index < -0.39 is 10.0 Å². The number of benzene rings is 2. The van der Waals surface area contributed by atoms with Crippen LogP contribution in [0.2, 0.25) is 0 Å². The van der Waals surface area contributed by atoms with E-state index in [0.29, 0.717) is 23.7 Å². The Hall–Kier alpha value is -3.85. The number of amides is 1. The summed E-state index contributed by atoms with van der Waals surface area (Å²) in [6.45, 7) is 2.51. The van der Waals surface area contributed by atoms with Crippen LogP contribution in [0.1, 0.15) is 23.0 Å². The second-order valence-electron chi connectivity index (χ2n) is 7.01. The Labute approximate surface area is 185 Å². The predicted molar refractivity (Wildman–Crippen MR) is 122 cm³/mol. The third kappa shape index (κ3) is 4.73. The molecular formula is C23H22N4O4S. The standard InChI is InChI=1S/C23H22N4O4S/c1-2-31-22-6-4-3-5-20(22)27-32(29,30)18-9-7-16(8-10-18)14-25-23(28)21-13-17-15-24-12-11-19(17)26-21/h3-13,15,26-27H,2,14H2,1H3,(H,25,28). The number of aromatic amines is 1. The summed E-state index contributed by atoms with van der Waals surface area (Å²) in [5, 5.41) is 3.68. The van der Waals surface area contributed by atoms with Crippen LogP contribution in [0, 0.1) is 0 Å². The molecule has 0 saturated carbocycles. The van der Waals surface area contributed by atoms with Crippen molar-refractivity contribution in [2.24, 2.45) is 0 Å². The number of carbonyl (C=O) groups excluding carboxylic acids is 1. The summed E-state index contributed by atoms with van der Waals surface area (Å²) < 4.78 is 33.6. The zero-order chi connectivity index (χ0) is 22.6. The molecule has 9 heteroatoms. The molecule has 0 spiro atoms. The molecule has 0 radical (unpaired) electrons. The number of hydrogen-bond donors (Lipinski definition) is 3. The van der Waals surface area contributed by atoms with E-state index in [-0.39, 0.29) is 17.3 Å². The van der Waals surface area contributed by atoms with E-state index >= 15 is 0 Å². The van der Waals surface area contributed by atoms with Crippen LogP contribution in [-0.2, 0) is 16.6 Å². The molecule has 164 valence electrons. The Bertz CT molecular complexity index is 1310. The number of carbonyl (C=O) groups is 1. The SMILES string of the molecule is CCOc1ccccc1NS(=O)(=O)c1ccc(CNC(=O)c2cc3cnccc3[nH]2)cc1. The van der Waals surface area contributed by atoms with Gasteiger partial charge in [0.2, 0.25) is 0 Å². The minimum Gasteiger partial charge on any atom is -0.492 e. The number of anilines is 1. The quantitative estimate of drug-likeness (QED) is 0.379. The van der Waals surface area contributed by atoms with Gasteiger partial charge in [-0.25, -0.2) is 8.42 Å². The highest BCUT2D eigenvalue weighted by atomic mass is 32.2. The van der Waals surface area contributed by atoms with Crippen molar-refractivity contribution >= 4 is 32.5 Å². The average Bonchev–Trinajstić information content (AvgIpc) is 3.24. The monoisotopic (exact) mass is 450 g/mol. The molecule has 0 bridgehead atoms. The van der Waals surface area contributed by atoms with Crippen molar-refractivity contribution in [2.45, 2.75) is 18.4 Å². The second-order valence-corrected chi connectivity index (χ2v) is 8.69. The van der Waals surface area contributed by atoms with Crippen molar-refractivity contribution in [2.75, 3.05) is 11.3 Å². The number of sulfonamides is 1. The van der Waals surface area contributed by atoms with Crippen molar-refractivity contribution < 1.29 is 17.9 Å². The van der Waals surface area contributed by atoms with Gasteiger partial charge in [-0.05, 0) is 48.9 Å². The first-order valence-electron chi connectivity index (χ1n) is 10.0.